The quantitative estimate of drug-likeness (QED) is 0.509. The van der Waals surface area contributed by atoms with E-state index in [2.05, 4.69) is 6.58 Å². The zero-order chi connectivity index (χ0) is 12.7. The van der Waals surface area contributed by atoms with E-state index in [4.69, 9.17) is 9.47 Å². The second kappa shape index (κ2) is 7.77. The Morgan fingerprint density at radius 1 is 1.18 bits per heavy atom. The molecule has 0 N–H and O–H groups in total. The third kappa shape index (κ3) is 4.36. The second-order valence-corrected chi connectivity index (χ2v) is 4.39. The molecular weight excluding hydrogens is 226 g/mol. The fourth-order valence-electron chi connectivity index (χ4n) is 1.98. The van der Waals surface area contributed by atoms with Crippen LogP contribution in [0.25, 0.3) is 0 Å². The van der Waals surface area contributed by atoms with Gasteiger partial charge in [-0.3, -0.25) is 0 Å². The smallest absolute Gasteiger partial charge is 0.160 e. The Morgan fingerprint density at radius 2 is 1.76 bits per heavy atom. The summed E-state index contributed by atoms with van der Waals surface area (Å²) in [6.45, 7) is 6.29. The Hall–Kier alpha value is -0.480. The van der Waals surface area contributed by atoms with E-state index >= 15 is 0 Å². The molecule has 1 aliphatic carbocycles. The number of hydrogen-bond donors (Lipinski definition) is 0. The molecule has 2 nitrogen and oxygen atoms in total. The molecular formula is C13H22F2O2. The lowest BCUT2D eigenvalue weighted by molar-refractivity contribution is -0.113. The van der Waals surface area contributed by atoms with Crippen molar-refractivity contribution in [3.05, 3.63) is 12.7 Å². The van der Waals surface area contributed by atoms with E-state index < -0.39 is 24.6 Å². The lowest BCUT2D eigenvalue weighted by Crippen LogP contribution is -2.46. The van der Waals surface area contributed by atoms with Gasteiger partial charge in [0.25, 0.3) is 0 Å². The van der Waals surface area contributed by atoms with Crippen LogP contribution in [0.15, 0.2) is 12.7 Å². The van der Waals surface area contributed by atoms with Crippen molar-refractivity contribution in [2.45, 2.75) is 57.2 Å². The SMILES string of the molecule is C=CCOC1CCC(OCCCC)C(F)C1F. The highest BCUT2D eigenvalue weighted by molar-refractivity contribution is 4.90. The average Bonchev–Trinajstić information content (AvgIpc) is 2.34. The molecule has 0 heterocycles. The van der Waals surface area contributed by atoms with Crippen LogP contribution < -0.4 is 0 Å². The highest BCUT2D eigenvalue weighted by Gasteiger charge is 2.41. The largest absolute Gasteiger partial charge is 0.375 e. The predicted octanol–water partition coefficient (Wildman–Crippen LogP) is 3.21. The summed E-state index contributed by atoms with van der Waals surface area (Å²) in [7, 11) is 0. The van der Waals surface area contributed by atoms with Gasteiger partial charge in [-0.05, 0) is 19.3 Å². The van der Waals surface area contributed by atoms with Gasteiger partial charge in [0.15, 0.2) is 12.3 Å². The molecule has 17 heavy (non-hydrogen) atoms. The minimum absolute atomic E-state index is 0.263. The standard InChI is InChI=1S/C13H22F2O2/c1-3-5-9-17-11-7-6-10(16-8-4-2)12(14)13(11)15/h4,10-13H,2-3,5-9H2,1H3. The third-order valence-corrected chi connectivity index (χ3v) is 3.01. The molecule has 1 rings (SSSR count). The van der Waals surface area contributed by atoms with Crippen molar-refractivity contribution in [2.24, 2.45) is 0 Å². The zero-order valence-electron chi connectivity index (χ0n) is 10.4. The first-order valence-electron chi connectivity index (χ1n) is 6.33. The third-order valence-electron chi connectivity index (χ3n) is 3.01. The van der Waals surface area contributed by atoms with Crippen LogP contribution in [0.3, 0.4) is 0 Å². The molecule has 0 saturated heterocycles. The molecule has 1 fully saturated rings. The summed E-state index contributed by atoms with van der Waals surface area (Å²) in [4.78, 5) is 0. The maximum absolute atomic E-state index is 13.7. The van der Waals surface area contributed by atoms with Crippen LogP contribution in [-0.4, -0.2) is 37.8 Å². The maximum atomic E-state index is 13.7. The number of halogens is 2. The van der Waals surface area contributed by atoms with Crippen LogP contribution in [0.4, 0.5) is 8.78 Å². The van der Waals surface area contributed by atoms with Crippen LogP contribution in [-0.2, 0) is 9.47 Å². The summed E-state index contributed by atoms with van der Waals surface area (Å²) in [5.74, 6) is 0. The highest BCUT2D eigenvalue weighted by atomic mass is 19.2. The maximum Gasteiger partial charge on any atom is 0.160 e. The molecule has 0 bridgehead atoms. The second-order valence-electron chi connectivity index (χ2n) is 4.39. The molecule has 4 atom stereocenters. The molecule has 0 spiro atoms. The molecule has 0 aliphatic heterocycles. The van der Waals surface area contributed by atoms with Crippen LogP contribution in [0, 0.1) is 0 Å². The lowest BCUT2D eigenvalue weighted by Gasteiger charge is -2.34. The topological polar surface area (TPSA) is 18.5 Å². The van der Waals surface area contributed by atoms with Crippen molar-refractivity contribution in [2.75, 3.05) is 13.2 Å². The molecule has 0 aromatic carbocycles. The number of ether oxygens (including phenoxy) is 2. The normalized spacial score (nSPS) is 33.6. The minimum Gasteiger partial charge on any atom is -0.375 e. The van der Waals surface area contributed by atoms with E-state index in [1.807, 2.05) is 6.92 Å². The number of rotatable bonds is 7. The fourth-order valence-corrected chi connectivity index (χ4v) is 1.98. The van der Waals surface area contributed by atoms with Gasteiger partial charge in [0.2, 0.25) is 0 Å². The zero-order valence-corrected chi connectivity index (χ0v) is 10.4. The Labute approximate surface area is 102 Å². The number of unbranched alkanes of at least 4 members (excludes halogenated alkanes) is 1. The van der Waals surface area contributed by atoms with E-state index in [1.165, 1.54) is 0 Å². The molecule has 0 aromatic heterocycles. The van der Waals surface area contributed by atoms with Gasteiger partial charge in [0, 0.05) is 6.61 Å². The van der Waals surface area contributed by atoms with Crippen molar-refractivity contribution in [3.8, 4) is 0 Å². The van der Waals surface area contributed by atoms with Crippen LogP contribution in [0.1, 0.15) is 32.6 Å². The molecule has 0 radical (unpaired) electrons. The van der Waals surface area contributed by atoms with Gasteiger partial charge in [-0.2, -0.15) is 0 Å². The summed E-state index contributed by atoms with van der Waals surface area (Å²) in [5.41, 5.74) is 0. The molecule has 0 aromatic rings. The van der Waals surface area contributed by atoms with Gasteiger partial charge in [0.05, 0.1) is 18.8 Å². The van der Waals surface area contributed by atoms with E-state index in [-0.39, 0.29) is 6.61 Å². The van der Waals surface area contributed by atoms with Crippen molar-refractivity contribution < 1.29 is 18.3 Å². The lowest BCUT2D eigenvalue weighted by atomic mass is 9.91. The predicted molar refractivity (Wildman–Crippen MR) is 63.6 cm³/mol. The Morgan fingerprint density at radius 3 is 2.29 bits per heavy atom. The fraction of sp³-hybridized carbons (Fsp3) is 0.846. The van der Waals surface area contributed by atoms with Crippen molar-refractivity contribution >= 4 is 0 Å². The van der Waals surface area contributed by atoms with Crippen LogP contribution in [0.2, 0.25) is 0 Å². The van der Waals surface area contributed by atoms with E-state index in [0.717, 1.165) is 12.8 Å². The highest BCUT2D eigenvalue weighted by Crippen LogP contribution is 2.29. The van der Waals surface area contributed by atoms with Gasteiger partial charge in [0.1, 0.15) is 0 Å². The summed E-state index contributed by atoms with van der Waals surface area (Å²) in [6, 6.07) is 0. The first kappa shape index (κ1) is 14.6. The van der Waals surface area contributed by atoms with E-state index in [9.17, 15) is 8.78 Å². The van der Waals surface area contributed by atoms with Crippen molar-refractivity contribution in [1.82, 2.24) is 0 Å². The molecule has 4 heteroatoms. The monoisotopic (exact) mass is 248 g/mol. The summed E-state index contributed by atoms with van der Waals surface area (Å²) in [6.07, 6.45) is 0.0212. The van der Waals surface area contributed by atoms with Crippen molar-refractivity contribution in [3.63, 3.8) is 0 Å². The summed E-state index contributed by atoms with van der Waals surface area (Å²) < 4.78 is 38.0. The first-order chi connectivity index (χ1) is 8.20. The molecule has 100 valence electrons. The van der Waals surface area contributed by atoms with Crippen LogP contribution >= 0.6 is 0 Å². The van der Waals surface area contributed by atoms with Gasteiger partial charge < -0.3 is 9.47 Å². The Bertz CT molecular complexity index is 223. The first-order valence-corrected chi connectivity index (χ1v) is 6.33. The van der Waals surface area contributed by atoms with Crippen LogP contribution in [0.5, 0.6) is 0 Å². The van der Waals surface area contributed by atoms with Gasteiger partial charge in [-0.1, -0.05) is 19.4 Å². The average molecular weight is 248 g/mol. The van der Waals surface area contributed by atoms with Crippen molar-refractivity contribution in [1.29, 1.82) is 0 Å². The molecule has 1 aliphatic rings. The number of alkyl halides is 2. The van der Waals surface area contributed by atoms with Gasteiger partial charge >= 0.3 is 0 Å². The molecule has 4 unspecified atom stereocenters. The van der Waals surface area contributed by atoms with Gasteiger partial charge in [-0.25, -0.2) is 8.78 Å². The summed E-state index contributed by atoms with van der Waals surface area (Å²) in [5, 5.41) is 0. The summed E-state index contributed by atoms with van der Waals surface area (Å²) >= 11 is 0. The minimum atomic E-state index is -1.59. The molecule has 1 saturated carbocycles. The Balaban J connectivity index is 2.36. The van der Waals surface area contributed by atoms with E-state index in [1.54, 1.807) is 6.08 Å². The molecule has 0 amide bonds. The Kier molecular flexibility index (Phi) is 6.66. The number of hydrogen-bond acceptors (Lipinski definition) is 2. The van der Waals surface area contributed by atoms with Gasteiger partial charge in [-0.15, -0.1) is 6.58 Å². The van der Waals surface area contributed by atoms with E-state index in [0.29, 0.717) is 19.4 Å².